The molecule has 0 heterocycles. The Hall–Kier alpha value is -1.67. The van der Waals surface area contributed by atoms with Crippen molar-refractivity contribution in [2.24, 2.45) is 22.4 Å². The highest BCUT2D eigenvalue weighted by molar-refractivity contribution is 6.55. The van der Waals surface area contributed by atoms with Crippen molar-refractivity contribution in [3.63, 3.8) is 0 Å². The average molecular weight is 402 g/mol. The number of carbonyl (C=O) groups excluding carboxylic acids is 1. The van der Waals surface area contributed by atoms with E-state index in [4.69, 9.17) is 23.2 Å². The monoisotopic (exact) mass is 401 g/mol. The first-order chi connectivity index (χ1) is 11.5. The number of benzene rings is 1. The molecule has 0 bridgehead atoms. The van der Waals surface area contributed by atoms with Gasteiger partial charge in [0.05, 0.1) is 17.7 Å². The van der Waals surface area contributed by atoms with Crippen LogP contribution in [0.1, 0.15) is 19.4 Å². The maximum absolute atomic E-state index is 13.4. The highest BCUT2D eigenvalue weighted by Gasteiger charge is 2.62. The molecule has 0 N–H and O–H groups in total. The summed E-state index contributed by atoms with van der Waals surface area (Å²) in [6.45, 7) is 3.45. The lowest BCUT2D eigenvalue weighted by atomic mass is 10.1. The van der Waals surface area contributed by atoms with Gasteiger partial charge in [0.1, 0.15) is 4.49 Å². The standard InChI is InChI=1S/C15H10Cl2F5NO2/c1-15(2)6(3-7(16)17)8(15)14(24)25-23-4-5-9(18)11(20)13(22)12(21)10(5)19/h3-4,6,8H,1-2H3. The Bertz CT molecular complexity index is 762. The molecule has 0 aliphatic heterocycles. The van der Waals surface area contributed by atoms with E-state index in [9.17, 15) is 26.7 Å². The molecule has 0 aromatic heterocycles. The Morgan fingerprint density at radius 2 is 1.52 bits per heavy atom. The quantitative estimate of drug-likeness (QED) is 0.180. The lowest BCUT2D eigenvalue weighted by molar-refractivity contribution is -0.146. The molecule has 2 atom stereocenters. The number of carbonyl (C=O) groups is 1. The Morgan fingerprint density at radius 1 is 1.04 bits per heavy atom. The Labute approximate surface area is 149 Å². The summed E-state index contributed by atoms with van der Waals surface area (Å²) in [5, 5.41) is 3.02. The maximum Gasteiger partial charge on any atom is 0.339 e. The molecule has 10 heteroatoms. The average Bonchev–Trinajstić information content (AvgIpc) is 3.06. The molecule has 1 aromatic carbocycles. The van der Waals surface area contributed by atoms with Crippen molar-refractivity contribution in [3.05, 3.63) is 45.2 Å². The Morgan fingerprint density at radius 3 is 2.00 bits per heavy atom. The van der Waals surface area contributed by atoms with Gasteiger partial charge < -0.3 is 4.84 Å². The van der Waals surface area contributed by atoms with Crippen molar-refractivity contribution in [2.45, 2.75) is 13.8 Å². The molecule has 0 saturated heterocycles. The van der Waals surface area contributed by atoms with Crippen LogP contribution in [0, 0.1) is 46.3 Å². The first-order valence-corrected chi connectivity index (χ1v) is 7.54. The van der Waals surface area contributed by atoms with Crippen molar-refractivity contribution in [3.8, 4) is 0 Å². The number of hydrogen-bond acceptors (Lipinski definition) is 3. The van der Waals surface area contributed by atoms with E-state index >= 15 is 0 Å². The van der Waals surface area contributed by atoms with Crippen molar-refractivity contribution >= 4 is 35.4 Å². The van der Waals surface area contributed by atoms with Gasteiger partial charge in [-0.25, -0.2) is 26.7 Å². The van der Waals surface area contributed by atoms with Crippen LogP contribution in [0.3, 0.4) is 0 Å². The minimum absolute atomic E-state index is 0.0433. The second-order valence-corrected chi connectivity index (χ2v) is 6.92. The highest BCUT2D eigenvalue weighted by Crippen LogP contribution is 2.60. The third-order valence-corrected chi connectivity index (χ3v) is 4.29. The van der Waals surface area contributed by atoms with Crippen molar-refractivity contribution in [1.82, 2.24) is 0 Å². The molecule has 3 nitrogen and oxygen atoms in total. The predicted octanol–water partition coefficient (Wildman–Crippen LogP) is 4.85. The van der Waals surface area contributed by atoms with Crippen LogP contribution in [0.2, 0.25) is 0 Å². The van der Waals surface area contributed by atoms with Crippen LogP contribution in [0.5, 0.6) is 0 Å². The van der Waals surface area contributed by atoms with Crippen LogP contribution in [0.4, 0.5) is 22.0 Å². The summed E-state index contributed by atoms with van der Waals surface area (Å²) >= 11 is 11.1. The van der Waals surface area contributed by atoms with Crippen molar-refractivity contribution in [1.29, 1.82) is 0 Å². The molecule has 1 aliphatic carbocycles. The van der Waals surface area contributed by atoms with E-state index < -0.39 is 52.0 Å². The van der Waals surface area contributed by atoms with Gasteiger partial charge in [-0.2, -0.15) is 0 Å². The van der Waals surface area contributed by atoms with Crippen LogP contribution in [0.15, 0.2) is 15.7 Å². The zero-order valence-electron chi connectivity index (χ0n) is 12.7. The topological polar surface area (TPSA) is 38.7 Å². The summed E-state index contributed by atoms with van der Waals surface area (Å²) in [4.78, 5) is 16.4. The molecule has 0 radical (unpaired) electrons. The van der Waals surface area contributed by atoms with E-state index in [-0.39, 0.29) is 16.6 Å². The molecule has 25 heavy (non-hydrogen) atoms. The van der Waals surface area contributed by atoms with Gasteiger partial charge in [0.2, 0.25) is 5.82 Å². The number of oxime groups is 1. The lowest BCUT2D eigenvalue weighted by Gasteiger charge is -2.03. The van der Waals surface area contributed by atoms with E-state index in [2.05, 4.69) is 9.99 Å². The van der Waals surface area contributed by atoms with Crippen LogP contribution in [0.25, 0.3) is 0 Å². The van der Waals surface area contributed by atoms with Gasteiger partial charge in [-0.05, 0) is 17.4 Å². The minimum atomic E-state index is -2.29. The van der Waals surface area contributed by atoms with Gasteiger partial charge >= 0.3 is 5.97 Å². The number of allylic oxidation sites excluding steroid dienone is 1. The fraction of sp³-hybridized carbons (Fsp3) is 0.333. The highest BCUT2D eigenvalue weighted by atomic mass is 35.5. The van der Waals surface area contributed by atoms with Crippen LogP contribution in [-0.4, -0.2) is 12.2 Å². The van der Waals surface area contributed by atoms with E-state index in [1.165, 1.54) is 6.08 Å². The second kappa shape index (κ2) is 6.92. The van der Waals surface area contributed by atoms with Crippen LogP contribution in [-0.2, 0) is 9.63 Å². The number of nitrogens with zero attached hydrogens (tertiary/aromatic N) is 1. The molecule has 136 valence electrons. The summed E-state index contributed by atoms with van der Waals surface area (Å²) < 4.78 is 65.8. The fourth-order valence-corrected chi connectivity index (χ4v) is 2.77. The molecular weight excluding hydrogens is 392 g/mol. The number of halogens is 7. The van der Waals surface area contributed by atoms with Gasteiger partial charge in [-0.1, -0.05) is 42.2 Å². The van der Waals surface area contributed by atoms with Gasteiger partial charge in [-0.3, -0.25) is 0 Å². The molecule has 1 aromatic rings. The smallest absolute Gasteiger partial charge is 0.318 e. The number of rotatable bonds is 4. The van der Waals surface area contributed by atoms with Gasteiger partial charge in [0, 0.05) is 0 Å². The van der Waals surface area contributed by atoms with Crippen LogP contribution >= 0.6 is 23.2 Å². The maximum atomic E-state index is 13.4. The largest absolute Gasteiger partial charge is 0.339 e. The van der Waals surface area contributed by atoms with Crippen LogP contribution < -0.4 is 0 Å². The zero-order valence-corrected chi connectivity index (χ0v) is 14.2. The Kier molecular flexibility index (Phi) is 5.44. The van der Waals surface area contributed by atoms with E-state index in [1.54, 1.807) is 13.8 Å². The summed E-state index contributed by atoms with van der Waals surface area (Å²) in [6, 6.07) is 0. The van der Waals surface area contributed by atoms with Gasteiger partial charge in [-0.15, -0.1) is 0 Å². The first kappa shape index (κ1) is 19.7. The third kappa shape index (κ3) is 3.64. The van der Waals surface area contributed by atoms with E-state index in [1.807, 2.05) is 0 Å². The molecule has 1 fully saturated rings. The second-order valence-electron chi connectivity index (χ2n) is 5.91. The molecule has 2 rings (SSSR count). The lowest BCUT2D eigenvalue weighted by Crippen LogP contribution is -2.09. The summed E-state index contributed by atoms with van der Waals surface area (Å²) in [5.41, 5.74) is -1.86. The van der Waals surface area contributed by atoms with Crippen molar-refractivity contribution in [2.75, 3.05) is 0 Å². The third-order valence-electron chi connectivity index (χ3n) is 4.04. The SMILES string of the molecule is CC1(C)C(C=C(Cl)Cl)C1C(=O)ON=Cc1c(F)c(F)c(F)c(F)c1F. The predicted molar refractivity (Wildman–Crippen MR) is 80.5 cm³/mol. The molecule has 0 amide bonds. The van der Waals surface area contributed by atoms with Crippen molar-refractivity contribution < 1.29 is 31.6 Å². The summed E-state index contributed by atoms with van der Waals surface area (Å²) in [6.07, 6.45) is 1.67. The first-order valence-electron chi connectivity index (χ1n) is 6.78. The summed E-state index contributed by atoms with van der Waals surface area (Å²) in [5.74, 6) is -12.6. The molecule has 1 saturated carbocycles. The Balaban J connectivity index is 2.15. The zero-order chi connectivity index (χ0) is 19.1. The van der Waals surface area contributed by atoms with Gasteiger partial charge in [0.25, 0.3) is 0 Å². The minimum Gasteiger partial charge on any atom is -0.318 e. The fourth-order valence-electron chi connectivity index (χ4n) is 2.50. The van der Waals surface area contributed by atoms with E-state index in [0.717, 1.165) is 0 Å². The molecule has 0 spiro atoms. The molecular formula is C15H10Cl2F5NO2. The normalized spacial score (nSPS) is 21.3. The van der Waals surface area contributed by atoms with E-state index in [0.29, 0.717) is 0 Å². The molecule has 1 aliphatic rings. The van der Waals surface area contributed by atoms with Gasteiger partial charge in [0.15, 0.2) is 23.3 Å². The number of hydrogen-bond donors (Lipinski definition) is 0. The molecule has 2 unspecified atom stereocenters. The summed E-state index contributed by atoms with van der Waals surface area (Å²) in [7, 11) is 0.